The molecular formula is C18H44. The Morgan fingerprint density at radius 3 is 0.778 bits per heavy atom. The summed E-state index contributed by atoms with van der Waals surface area (Å²) < 4.78 is 0. The van der Waals surface area contributed by atoms with E-state index in [1.807, 2.05) is 13.8 Å². The molecule has 0 aromatic carbocycles. The van der Waals surface area contributed by atoms with E-state index < -0.39 is 0 Å². The zero-order chi connectivity index (χ0) is 15.4. The molecule has 0 N–H and O–H groups in total. The Morgan fingerprint density at radius 2 is 0.778 bits per heavy atom. The van der Waals surface area contributed by atoms with Crippen molar-refractivity contribution < 1.29 is 0 Å². The van der Waals surface area contributed by atoms with Crippen molar-refractivity contribution in [3.8, 4) is 0 Å². The molecule has 0 nitrogen and oxygen atoms in total. The Labute approximate surface area is 120 Å². The third-order valence-corrected chi connectivity index (χ3v) is 3.13. The first kappa shape index (κ1) is 26.5. The molecule has 0 aromatic rings. The molecule has 0 bridgehead atoms. The highest BCUT2D eigenvalue weighted by molar-refractivity contribution is 4.48. The Morgan fingerprint density at radius 1 is 0.556 bits per heavy atom. The minimum atomic E-state index is 0.935. The summed E-state index contributed by atoms with van der Waals surface area (Å²) in [5, 5.41) is 0. The van der Waals surface area contributed by atoms with Crippen LogP contribution >= 0.6 is 0 Å². The number of rotatable bonds is 5. The molecule has 0 spiro atoms. The lowest BCUT2D eigenvalue weighted by Crippen LogP contribution is -1.91. The Balaban J connectivity index is -0.0000000811. The Bertz CT molecular complexity index is 72.5. The molecule has 0 heterocycles. The van der Waals surface area contributed by atoms with Gasteiger partial charge in [-0.2, -0.15) is 0 Å². The van der Waals surface area contributed by atoms with Gasteiger partial charge in [0.1, 0.15) is 0 Å². The third kappa shape index (κ3) is 36.0. The lowest BCUT2D eigenvalue weighted by molar-refractivity contribution is 0.477. The molecule has 0 radical (unpaired) electrons. The molecule has 0 atom stereocenters. The molecule has 0 saturated heterocycles. The van der Waals surface area contributed by atoms with E-state index in [1.165, 1.54) is 38.5 Å². The fourth-order valence-corrected chi connectivity index (χ4v) is 1.15. The molecule has 0 rings (SSSR count). The van der Waals surface area contributed by atoms with Crippen molar-refractivity contribution in [1.82, 2.24) is 0 Å². The summed E-state index contributed by atoms with van der Waals surface area (Å²) in [6.45, 7) is 21.8. The average Bonchev–Trinajstić information content (AvgIpc) is 2.43. The van der Waals surface area contributed by atoms with Crippen LogP contribution in [-0.2, 0) is 0 Å². The highest BCUT2D eigenvalue weighted by Crippen LogP contribution is 2.10. The van der Waals surface area contributed by atoms with E-state index in [0.29, 0.717) is 0 Å². The minimum Gasteiger partial charge on any atom is -0.0683 e. The number of hydrogen-bond donors (Lipinski definition) is 0. The lowest BCUT2D eigenvalue weighted by atomic mass is 10.0. The summed E-state index contributed by atoms with van der Waals surface area (Å²) >= 11 is 0. The van der Waals surface area contributed by atoms with Crippen molar-refractivity contribution in [2.75, 3.05) is 0 Å². The van der Waals surface area contributed by atoms with E-state index >= 15 is 0 Å². The van der Waals surface area contributed by atoms with Crippen LogP contribution in [0.15, 0.2) is 0 Å². The summed E-state index contributed by atoms with van der Waals surface area (Å²) in [5.74, 6) is 1.92. The number of hydrogen-bond acceptors (Lipinski definition) is 0. The van der Waals surface area contributed by atoms with Crippen molar-refractivity contribution in [1.29, 1.82) is 0 Å². The second-order valence-electron chi connectivity index (χ2n) is 4.72. The molecule has 0 saturated carbocycles. The molecule has 0 aliphatic heterocycles. The molecule has 0 fully saturated rings. The molecule has 0 unspecified atom stereocenters. The summed E-state index contributed by atoms with van der Waals surface area (Å²) in [6, 6.07) is 0. The summed E-state index contributed by atoms with van der Waals surface area (Å²) in [4.78, 5) is 0. The lowest BCUT2D eigenvalue weighted by Gasteiger charge is -2.05. The predicted octanol–water partition coefficient (Wildman–Crippen LogP) is 7.72. The third-order valence-electron chi connectivity index (χ3n) is 3.13. The maximum atomic E-state index is 2.28. The van der Waals surface area contributed by atoms with Crippen LogP contribution in [0.1, 0.15) is 108 Å². The Kier molecular flexibility index (Phi) is 44.6. The molecule has 0 aliphatic rings. The molecule has 18 heavy (non-hydrogen) atoms. The fraction of sp³-hybridized carbons (Fsp3) is 1.00. The van der Waals surface area contributed by atoms with E-state index in [1.54, 1.807) is 0 Å². The van der Waals surface area contributed by atoms with Gasteiger partial charge >= 0.3 is 0 Å². The van der Waals surface area contributed by atoms with Gasteiger partial charge in [-0.25, -0.2) is 0 Å². The van der Waals surface area contributed by atoms with Crippen molar-refractivity contribution in [2.24, 2.45) is 11.8 Å². The monoisotopic (exact) mass is 260 g/mol. The van der Waals surface area contributed by atoms with Gasteiger partial charge in [0.25, 0.3) is 0 Å². The van der Waals surface area contributed by atoms with Crippen molar-refractivity contribution >= 4 is 0 Å². The SMILES string of the molecule is CC.CCC.CCC(C)CC.CCC(CC)CC. The predicted molar refractivity (Wildman–Crippen MR) is 91.4 cm³/mol. The maximum absolute atomic E-state index is 2.28. The van der Waals surface area contributed by atoms with E-state index in [2.05, 4.69) is 55.4 Å². The standard InChI is InChI=1S/C7H16.C6H14.C3H8.C2H6/c1-4-7(5-2)6-3;1-4-6(3)5-2;1-3-2;1-2/h7H,4-6H2,1-3H3;6H,4-5H2,1-3H3;3H2,1-2H3;1-2H3. The second-order valence-corrected chi connectivity index (χ2v) is 4.72. The quantitative estimate of drug-likeness (QED) is 0.474. The van der Waals surface area contributed by atoms with Gasteiger partial charge in [-0.1, -0.05) is 108 Å². The van der Waals surface area contributed by atoms with Crippen LogP contribution in [0.4, 0.5) is 0 Å². The van der Waals surface area contributed by atoms with Crippen molar-refractivity contribution in [3.05, 3.63) is 0 Å². The highest BCUT2D eigenvalue weighted by Gasteiger charge is 1.95. The second kappa shape index (κ2) is 30.2. The van der Waals surface area contributed by atoms with Gasteiger partial charge in [0.15, 0.2) is 0 Å². The average molecular weight is 261 g/mol. The first-order chi connectivity index (χ1) is 8.57. The summed E-state index contributed by atoms with van der Waals surface area (Å²) in [6.07, 6.45) is 7.97. The topological polar surface area (TPSA) is 0 Å². The molecule has 0 amide bonds. The molecule has 0 aromatic heterocycles. The molecule has 0 aliphatic carbocycles. The van der Waals surface area contributed by atoms with Gasteiger partial charge in [-0.15, -0.1) is 0 Å². The van der Waals surface area contributed by atoms with Crippen LogP contribution in [0.3, 0.4) is 0 Å². The largest absolute Gasteiger partial charge is 0.0683 e. The van der Waals surface area contributed by atoms with E-state index in [0.717, 1.165) is 11.8 Å². The van der Waals surface area contributed by atoms with E-state index in [-0.39, 0.29) is 0 Å². The van der Waals surface area contributed by atoms with Gasteiger partial charge < -0.3 is 0 Å². The van der Waals surface area contributed by atoms with Gasteiger partial charge in [0.2, 0.25) is 0 Å². The zero-order valence-electron chi connectivity index (χ0n) is 15.4. The van der Waals surface area contributed by atoms with Crippen LogP contribution in [0.2, 0.25) is 0 Å². The highest BCUT2D eigenvalue weighted by atomic mass is 14.0. The van der Waals surface area contributed by atoms with Crippen LogP contribution in [-0.4, -0.2) is 0 Å². The van der Waals surface area contributed by atoms with Gasteiger partial charge in [-0.05, 0) is 11.8 Å². The van der Waals surface area contributed by atoms with E-state index in [9.17, 15) is 0 Å². The van der Waals surface area contributed by atoms with Crippen LogP contribution in [0.25, 0.3) is 0 Å². The smallest absolute Gasteiger partial charge is 0.0422 e. The first-order valence-corrected chi connectivity index (χ1v) is 8.57. The first-order valence-electron chi connectivity index (χ1n) is 8.57. The zero-order valence-corrected chi connectivity index (χ0v) is 15.4. The molecule has 0 heteroatoms. The molecule has 116 valence electrons. The molecular weight excluding hydrogens is 216 g/mol. The van der Waals surface area contributed by atoms with Crippen LogP contribution < -0.4 is 0 Å². The summed E-state index contributed by atoms with van der Waals surface area (Å²) in [7, 11) is 0. The van der Waals surface area contributed by atoms with Crippen LogP contribution in [0.5, 0.6) is 0 Å². The normalized spacial score (nSPS) is 8.67. The van der Waals surface area contributed by atoms with Gasteiger partial charge in [0.05, 0.1) is 0 Å². The van der Waals surface area contributed by atoms with Crippen molar-refractivity contribution in [3.63, 3.8) is 0 Å². The van der Waals surface area contributed by atoms with E-state index in [4.69, 9.17) is 0 Å². The summed E-state index contributed by atoms with van der Waals surface area (Å²) in [5.41, 5.74) is 0. The van der Waals surface area contributed by atoms with Gasteiger partial charge in [-0.3, -0.25) is 0 Å². The van der Waals surface area contributed by atoms with Crippen molar-refractivity contribution in [2.45, 2.75) is 108 Å². The minimum absolute atomic E-state index is 0.935. The van der Waals surface area contributed by atoms with Gasteiger partial charge in [0, 0.05) is 0 Å². The Hall–Kier alpha value is 0. The van der Waals surface area contributed by atoms with Crippen LogP contribution in [0, 0.1) is 11.8 Å². The maximum Gasteiger partial charge on any atom is -0.0422 e. The fourth-order valence-electron chi connectivity index (χ4n) is 1.15.